The quantitative estimate of drug-likeness (QED) is 0.162. The molecule has 338 valence electrons. The second-order valence-corrected chi connectivity index (χ2v) is 19.1. The average Bonchev–Trinajstić information content (AvgIpc) is 4.10. The molecular formula is C67H40N6. The fourth-order valence-corrected chi connectivity index (χ4v) is 12.1. The van der Waals surface area contributed by atoms with Crippen LogP contribution in [0.5, 0.6) is 0 Å². The van der Waals surface area contributed by atoms with Crippen LogP contribution in [0.4, 0.5) is 0 Å². The molecule has 16 rings (SSSR count). The van der Waals surface area contributed by atoms with Gasteiger partial charge < -0.3 is 9.13 Å². The van der Waals surface area contributed by atoms with Crippen molar-refractivity contribution in [3.63, 3.8) is 0 Å². The largest absolute Gasteiger partial charge is 0.309 e. The summed E-state index contributed by atoms with van der Waals surface area (Å²) in [5.74, 6) is 1.76. The standard InChI is InChI=1S/C67H40N6/c1-3-19-45-41(17-1)37-57(49-23-7-5-21-47(45)49)65-68-66(58-38-42-18-2-4-20-46(42)48-22-6-8-24-50(48)58)70-67(69-65)73-63-35-33-43(71-59-29-13-9-25-51(59)52-26-10-14-30-60(52)71)39-55(63)56-40-44(34-36-64(56)73)72-61-31-15-11-27-53(61)54-28-12-16-32-62(54)72/h1-40H. The van der Waals surface area contributed by atoms with E-state index in [4.69, 9.17) is 15.0 Å². The highest BCUT2D eigenvalue weighted by Gasteiger charge is 2.23. The second kappa shape index (κ2) is 15.3. The molecule has 4 aromatic heterocycles. The van der Waals surface area contributed by atoms with Crippen LogP contribution in [-0.2, 0) is 0 Å². The summed E-state index contributed by atoms with van der Waals surface area (Å²) >= 11 is 0. The first-order valence-electron chi connectivity index (χ1n) is 24.9. The van der Waals surface area contributed by atoms with Gasteiger partial charge in [0.05, 0.1) is 33.1 Å². The van der Waals surface area contributed by atoms with Crippen LogP contribution in [0.3, 0.4) is 0 Å². The SMILES string of the molecule is c1ccc2c(c1)cc(-c1nc(-c3cc4ccccc4c4ccccc34)nc(-n3c4ccc(-n5c6ccccc6c6ccccc65)cc4c4cc(-n5c6ccccc6c6ccccc65)ccc43)n1)c1ccccc12. The smallest absolute Gasteiger partial charge is 0.238 e. The van der Waals surface area contributed by atoms with Gasteiger partial charge in [0.25, 0.3) is 0 Å². The summed E-state index contributed by atoms with van der Waals surface area (Å²) in [5, 5.41) is 16.2. The molecule has 0 N–H and O–H groups in total. The van der Waals surface area contributed by atoms with Crippen molar-refractivity contribution in [3.8, 4) is 40.1 Å². The minimum absolute atomic E-state index is 0.545. The van der Waals surface area contributed by atoms with E-state index in [1.54, 1.807) is 0 Å². The van der Waals surface area contributed by atoms with E-state index < -0.39 is 0 Å². The first-order chi connectivity index (χ1) is 36.2. The number of aromatic nitrogens is 6. The lowest BCUT2D eigenvalue weighted by atomic mass is 9.96. The summed E-state index contributed by atoms with van der Waals surface area (Å²) in [4.78, 5) is 16.7. The molecule has 12 aromatic carbocycles. The third-order valence-corrected chi connectivity index (χ3v) is 15.3. The fraction of sp³-hybridized carbons (Fsp3) is 0. The number of hydrogen-bond acceptors (Lipinski definition) is 3. The zero-order valence-corrected chi connectivity index (χ0v) is 39.3. The normalized spacial score (nSPS) is 12.1. The van der Waals surface area contributed by atoms with Crippen LogP contribution in [0.1, 0.15) is 0 Å². The van der Waals surface area contributed by atoms with Crippen molar-refractivity contribution >= 4 is 109 Å². The Labute approximate surface area is 417 Å². The molecule has 0 saturated heterocycles. The highest BCUT2D eigenvalue weighted by atomic mass is 15.2. The Balaban J connectivity index is 1.03. The number of fused-ring (bicyclic) bond motifs is 15. The van der Waals surface area contributed by atoms with Crippen molar-refractivity contribution in [2.24, 2.45) is 0 Å². The van der Waals surface area contributed by atoms with Crippen LogP contribution < -0.4 is 0 Å². The fourth-order valence-electron chi connectivity index (χ4n) is 12.1. The molecule has 0 aliphatic heterocycles. The maximum atomic E-state index is 5.61. The van der Waals surface area contributed by atoms with E-state index in [1.165, 1.54) is 32.3 Å². The molecule has 0 radical (unpaired) electrons. The molecule has 0 spiro atoms. The molecule has 0 aliphatic carbocycles. The van der Waals surface area contributed by atoms with Gasteiger partial charge in [-0.05, 0) is 116 Å². The van der Waals surface area contributed by atoms with Gasteiger partial charge in [-0.2, -0.15) is 9.97 Å². The van der Waals surface area contributed by atoms with E-state index in [1.807, 2.05) is 0 Å². The maximum absolute atomic E-state index is 5.61. The molecule has 73 heavy (non-hydrogen) atoms. The molecule has 4 heterocycles. The Morgan fingerprint density at radius 3 is 0.932 bits per heavy atom. The topological polar surface area (TPSA) is 53.5 Å². The summed E-state index contributed by atoms with van der Waals surface area (Å²) in [5.41, 5.74) is 10.7. The van der Waals surface area contributed by atoms with E-state index in [0.717, 1.165) is 98.7 Å². The lowest BCUT2D eigenvalue weighted by molar-refractivity contribution is 0.955. The number of hydrogen-bond donors (Lipinski definition) is 0. The highest BCUT2D eigenvalue weighted by Crippen LogP contribution is 2.42. The lowest BCUT2D eigenvalue weighted by Gasteiger charge is -2.15. The summed E-state index contributed by atoms with van der Waals surface area (Å²) in [6, 6.07) is 87.5. The van der Waals surface area contributed by atoms with Gasteiger partial charge in [0, 0.05) is 54.8 Å². The van der Waals surface area contributed by atoms with Crippen molar-refractivity contribution in [3.05, 3.63) is 243 Å². The number of benzene rings is 12. The van der Waals surface area contributed by atoms with E-state index in [9.17, 15) is 0 Å². The first-order valence-corrected chi connectivity index (χ1v) is 24.9. The van der Waals surface area contributed by atoms with Gasteiger partial charge in [-0.1, -0.05) is 170 Å². The summed E-state index contributed by atoms with van der Waals surface area (Å²) < 4.78 is 7.06. The molecule has 6 heteroatoms. The third kappa shape index (κ3) is 5.83. The van der Waals surface area contributed by atoms with Crippen LogP contribution in [0.15, 0.2) is 243 Å². The Morgan fingerprint density at radius 2 is 0.534 bits per heavy atom. The Morgan fingerprint density at radius 1 is 0.219 bits per heavy atom. The summed E-state index contributed by atoms with van der Waals surface area (Å²) in [7, 11) is 0. The van der Waals surface area contributed by atoms with Crippen LogP contribution in [-0.4, -0.2) is 28.7 Å². The van der Waals surface area contributed by atoms with Crippen molar-refractivity contribution in [2.75, 3.05) is 0 Å². The molecule has 0 aliphatic rings. The molecule has 0 fully saturated rings. The van der Waals surface area contributed by atoms with Gasteiger partial charge in [0.2, 0.25) is 5.95 Å². The molecule has 0 bridgehead atoms. The van der Waals surface area contributed by atoms with Crippen LogP contribution in [0.25, 0.3) is 149 Å². The monoisotopic (exact) mass is 928 g/mol. The van der Waals surface area contributed by atoms with Gasteiger partial charge in [-0.15, -0.1) is 0 Å². The average molecular weight is 929 g/mol. The van der Waals surface area contributed by atoms with Gasteiger partial charge in [0.1, 0.15) is 0 Å². The predicted octanol–water partition coefficient (Wildman–Crippen LogP) is 17.1. The van der Waals surface area contributed by atoms with E-state index in [-0.39, 0.29) is 0 Å². The number of rotatable bonds is 5. The minimum Gasteiger partial charge on any atom is -0.309 e. The van der Waals surface area contributed by atoms with Gasteiger partial charge in [-0.3, -0.25) is 4.57 Å². The van der Waals surface area contributed by atoms with Crippen molar-refractivity contribution in [2.45, 2.75) is 0 Å². The lowest BCUT2D eigenvalue weighted by Crippen LogP contribution is -2.07. The highest BCUT2D eigenvalue weighted by molar-refractivity contribution is 6.17. The van der Waals surface area contributed by atoms with Crippen LogP contribution >= 0.6 is 0 Å². The second-order valence-electron chi connectivity index (χ2n) is 19.1. The van der Waals surface area contributed by atoms with Crippen molar-refractivity contribution in [1.82, 2.24) is 28.7 Å². The molecule has 0 saturated carbocycles. The molecular weight excluding hydrogens is 889 g/mol. The zero-order valence-electron chi connectivity index (χ0n) is 39.3. The third-order valence-electron chi connectivity index (χ3n) is 15.3. The molecule has 16 aromatic rings. The van der Waals surface area contributed by atoms with Crippen molar-refractivity contribution in [1.29, 1.82) is 0 Å². The molecule has 0 amide bonds. The maximum Gasteiger partial charge on any atom is 0.238 e. The number of para-hydroxylation sites is 4. The van der Waals surface area contributed by atoms with Crippen LogP contribution in [0.2, 0.25) is 0 Å². The first kappa shape index (κ1) is 39.9. The summed E-state index contributed by atoms with van der Waals surface area (Å²) in [6.07, 6.45) is 0. The number of nitrogens with zero attached hydrogens (tertiary/aromatic N) is 6. The van der Waals surface area contributed by atoms with Crippen LogP contribution in [0, 0.1) is 0 Å². The van der Waals surface area contributed by atoms with Gasteiger partial charge in [-0.25, -0.2) is 4.98 Å². The summed E-state index contributed by atoms with van der Waals surface area (Å²) in [6.45, 7) is 0. The predicted molar refractivity (Wildman–Crippen MR) is 304 cm³/mol. The molecule has 6 nitrogen and oxygen atoms in total. The zero-order chi connectivity index (χ0) is 47.7. The van der Waals surface area contributed by atoms with Crippen molar-refractivity contribution < 1.29 is 0 Å². The molecule has 0 unspecified atom stereocenters. The Kier molecular flexibility index (Phi) is 8.36. The Hall–Kier alpha value is -9.91. The van der Waals surface area contributed by atoms with E-state index >= 15 is 0 Å². The van der Waals surface area contributed by atoms with E-state index in [2.05, 4.69) is 256 Å². The molecule has 0 atom stereocenters. The van der Waals surface area contributed by atoms with Gasteiger partial charge in [0.15, 0.2) is 11.6 Å². The Bertz CT molecular complexity index is 4580. The van der Waals surface area contributed by atoms with E-state index in [0.29, 0.717) is 17.6 Å². The minimum atomic E-state index is 0.545. The van der Waals surface area contributed by atoms with Gasteiger partial charge >= 0.3 is 0 Å².